The molecule has 0 saturated heterocycles. The summed E-state index contributed by atoms with van der Waals surface area (Å²) in [6.07, 6.45) is -4.79. The Bertz CT molecular complexity index is 1080. The summed E-state index contributed by atoms with van der Waals surface area (Å²) in [6, 6.07) is 17.0. The van der Waals surface area contributed by atoms with Gasteiger partial charge in [0.25, 0.3) is 0 Å². The van der Waals surface area contributed by atoms with E-state index in [1.54, 1.807) is 24.3 Å². The van der Waals surface area contributed by atoms with Crippen molar-refractivity contribution in [1.82, 2.24) is 0 Å². The predicted molar refractivity (Wildman–Crippen MR) is 102 cm³/mol. The van der Waals surface area contributed by atoms with Crippen molar-refractivity contribution in [2.45, 2.75) is 25.6 Å². The van der Waals surface area contributed by atoms with Crippen LogP contribution in [0.1, 0.15) is 22.3 Å². The zero-order valence-corrected chi connectivity index (χ0v) is 17.1. The van der Waals surface area contributed by atoms with Crippen LogP contribution in [0.2, 0.25) is 0 Å². The first-order valence-electron chi connectivity index (χ1n) is 8.93. The fraction of sp³-hybridized carbons (Fsp3) is 0.182. The molecule has 0 amide bonds. The van der Waals surface area contributed by atoms with Crippen LogP contribution in [0.4, 0.5) is 16.6 Å². The number of fused-ring (bicyclic) bond motifs is 8. The van der Waals surface area contributed by atoms with Crippen LogP contribution in [0.25, 0.3) is 0 Å². The van der Waals surface area contributed by atoms with Crippen molar-refractivity contribution >= 4 is 26.3 Å². The van der Waals surface area contributed by atoms with Crippen molar-refractivity contribution < 1.29 is 20.4 Å². The zero-order chi connectivity index (χ0) is 20.0. The van der Waals surface area contributed by atoms with Crippen molar-refractivity contribution in [1.29, 1.82) is 0 Å². The topological polar surface area (TPSA) is 9.23 Å². The standard InChI is InChI=1S/C22H17AsF4O/c1-14-11-15(2)13-16(12-14)23(27)19-9-5-3-7-17(19)21(28-23,22(24,25)26)18-8-4-6-10-20(18)23/h3-13H,1-2H3. The Kier molecular flexibility index (Phi) is 3.26. The van der Waals surface area contributed by atoms with E-state index in [2.05, 4.69) is 0 Å². The van der Waals surface area contributed by atoms with Crippen molar-refractivity contribution in [3.05, 3.63) is 89.0 Å². The molecule has 0 aliphatic carbocycles. The average Bonchev–Trinajstić information content (AvgIpc) is 3.06. The van der Waals surface area contributed by atoms with E-state index in [1.807, 2.05) is 19.9 Å². The number of benzene rings is 3. The SMILES string of the molecule is Cc1cc(C)cc([As]23(F)OC(C(F)(F)F)(c4ccccc42)c2ccccc23)c1. The van der Waals surface area contributed by atoms with Gasteiger partial charge in [-0.3, -0.25) is 0 Å². The molecule has 0 fully saturated rings. The van der Waals surface area contributed by atoms with Crippen LogP contribution in [0.15, 0.2) is 66.7 Å². The number of hydrogen-bond acceptors (Lipinski definition) is 1. The summed E-state index contributed by atoms with van der Waals surface area (Å²) in [5, 5.41) is 0. The molecule has 3 aromatic carbocycles. The summed E-state index contributed by atoms with van der Waals surface area (Å²) in [5.74, 6) is 0. The molecule has 2 bridgehead atoms. The maximum absolute atomic E-state index is 17.8. The van der Waals surface area contributed by atoms with Gasteiger partial charge in [0.1, 0.15) is 0 Å². The van der Waals surface area contributed by atoms with Gasteiger partial charge in [-0.1, -0.05) is 0 Å². The van der Waals surface area contributed by atoms with Crippen molar-refractivity contribution in [3.8, 4) is 0 Å². The normalized spacial score (nSPS) is 24.9. The van der Waals surface area contributed by atoms with E-state index in [1.165, 1.54) is 36.4 Å². The molecule has 1 nitrogen and oxygen atoms in total. The third kappa shape index (κ3) is 1.78. The average molecular weight is 448 g/mol. The number of halogens is 4. The van der Waals surface area contributed by atoms with Crippen LogP contribution in [0, 0.1) is 13.8 Å². The molecule has 0 aromatic heterocycles. The Labute approximate surface area is 161 Å². The molecule has 0 N–H and O–H groups in total. The third-order valence-electron chi connectivity index (χ3n) is 5.80. The molecule has 2 aliphatic rings. The van der Waals surface area contributed by atoms with Crippen molar-refractivity contribution in [3.63, 3.8) is 0 Å². The Balaban J connectivity index is 2.02. The second-order valence-corrected chi connectivity index (χ2v) is 15.0. The second kappa shape index (κ2) is 5.08. The quantitative estimate of drug-likeness (QED) is 0.406. The van der Waals surface area contributed by atoms with Crippen LogP contribution in [-0.4, -0.2) is 19.4 Å². The van der Waals surface area contributed by atoms with Gasteiger partial charge in [-0.25, -0.2) is 0 Å². The minimum atomic E-state index is -5.97. The number of hydrogen-bond donors (Lipinski definition) is 0. The summed E-state index contributed by atoms with van der Waals surface area (Å²) in [7, 11) is 0. The number of aryl methyl sites for hydroxylation is 2. The van der Waals surface area contributed by atoms with Gasteiger partial charge in [0.2, 0.25) is 0 Å². The predicted octanol–water partition coefficient (Wildman–Crippen LogP) is 3.84. The van der Waals surface area contributed by atoms with E-state index in [9.17, 15) is 13.2 Å². The molecule has 6 heteroatoms. The molecular weight excluding hydrogens is 431 g/mol. The van der Waals surface area contributed by atoms with E-state index >= 15 is 3.47 Å². The maximum atomic E-state index is 17.8. The number of rotatable bonds is 1. The molecular formula is C22H17AsF4O. The molecule has 144 valence electrons. The number of alkyl halides is 3. The zero-order valence-electron chi connectivity index (χ0n) is 15.2. The molecule has 3 aromatic rings. The van der Waals surface area contributed by atoms with Crippen LogP contribution < -0.4 is 13.1 Å². The molecule has 2 aliphatic heterocycles. The molecule has 5 rings (SSSR count). The van der Waals surface area contributed by atoms with Gasteiger partial charge in [0, 0.05) is 0 Å². The van der Waals surface area contributed by atoms with Crippen molar-refractivity contribution in [2.75, 3.05) is 0 Å². The van der Waals surface area contributed by atoms with E-state index in [4.69, 9.17) is 3.73 Å². The summed E-state index contributed by atoms with van der Waals surface area (Å²) in [4.78, 5) is 0. The molecule has 2 heterocycles. The van der Waals surface area contributed by atoms with Crippen LogP contribution in [0.5, 0.6) is 0 Å². The van der Waals surface area contributed by atoms with Crippen LogP contribution >= 0.6 is 0 Å². The van der Waals surface area contributed by atoms with E-state index in [-0.39, 0.29) is 24.2 Å². The second-order valence-electron chi connectivity index (χ2n) is 7.58. The van der Waals surface area contributed by atoms with Gasteiger partial charge in [-0.2, -0.15) is 0 Å². The fourth-order valence-electron chi connectivity index (χ4n) is 4.84. The summed E-state index contributed by atoms with van der Waals surface area (Å²) in [6.45, 7) is 3.63. The van der Waals surface area contributed by atoms with Gasteiger partial charge in [-0.15, -0.1) is 0 Å². The molecule has 0 radical (unpaired) electrons. The van der Waals surface area contributed by atoms with Gasteiger partial charge in [0.05, 0.1) is 0 Å². The van der Waals surface area contributed by atoms with E-state index in [0.29, 0.717) is 0 Å². The minimum absolute atomic E-state index is 0.0713. The first-order chi connectivity index (χ1) is 13.1. The Morgan fingerprint density at radius 3 is 1.71 bits per heavy atom. The Morgan fingerprint density at radius 1 is 0.786 bits per heavy atom. The van der Waals surface area contributed by atoms with Gasteiger partial charge >= 0.3 is 161 Å². The Morgan fingerprint density at radius 2 is 1.25 bits per heavy atom. The first kappa shape index (κ1) is 18.0. The fourth-order valence-corrected chi connectivity index (χ4v) is 15.0. The summed E-state index contributed by atoms with van der Waals surface area (Å²) in [5.41, 5.74) is -1.42. The molecule has 0 spiro atoms. The van der Waals surface area contributed by atoms with Gasteiger partial charge in [-0.05, 0) is 0 Å². The van der Waals surface area contributed by atoms with Gasteiger partial charge < -0.3 is 0 Å². The molecule has 28 heavy (non-hydrogen) atoms. The molecule has 0 unspecified atom stereocenters. The monoisotopic (exact) mass is 448 g/mol. The molecule has 0 saturated carbocycles. The third-order valence-corrected chi connectivity index (χ3v) is 14.8. The van der Waals surface area contributed by atoms with Gasteiger partial charge in [0.15, 0.2) is 0 Å². The van der Waals surface area contributed by atoms with Crippen LogP contribution in [-0.2, 0) is 9.33 Å². The summed E-state index contributed by atoms with van der Waals surface area (Å²) >= 11 is -5.97. The summed E-state index contributed by atoms with van der Waals surface area (Å²) < 4.78 is 67.6. The van der Waals surface area contributed by atoms with E-state index in [0.717, 1.165) is 11.1 Å². The first-order valence-corrected chi connectivity index (χ1v) is 13.2. The van der Waals surface area contributed by atoms with E-state index < -0.39 is 25.0 Å². The van der Waals surface area contributed by atoms with Crippen LogP contribution in [0.3, 0.4) is 0 Å². The Hall–Kier alpha value is -2.10. The van der Waals surface area contributed by atoms with Crippen molar-refractivity contribution in [2.24, 2.45) is 0 Å². The molecule has 0 atom stereocenters.